The molecule has 1 atom stereocenters. The van der Waals surface area contributed by atoms with Crippen molar-refractivity contribution in [2.45, 2.75) is 12.5 Å². The van der Waals surface area contributed by atoms with Gasteiger partial charge in [0.25, 0.3) is 11.5 Å². The number of fused-ring (bicyclic) bond motifs is 2. The number of hydrogen-bond acceptors (Lipinski definition) is 6. The molecule has 0 spiro atoms. The number of aromatic nitrogens is 2. The lowest BCUT2D eigenvalue weighted by Crippen LogP contribution is -2.42. The average molecular weight is 472 g/mol. The van der Waals surface area contributed by atoms with E-state index in [2.05, 4.69) is 9.97 Å². The maximum Gasteiger partial charge on any atom is 0.256 e. The fraction of sp³-hybridized carbons (Fsp3) is 0.222. The number of benzene rings is 2. The first-order chi connectivity index (χ1) is 17.0. The summed E-state index contributed by atoms with van der Waals surface area (Å²) in [6.45, 7) is 0.427. The molecule has 1 N–H and O–H groups in total. The number of rotatable bonds is 5. The van der Waals surface area contributed by atoms with Crippen molar-refractivity contribution in [3.63, 3.8) is 0 Å². The first-order valence-corrected chi connectivity index (χ1v) is 11.2. The second-order valence-electron chi connectivity index (χ2n) is 8.31. The van der Waals surface area contributed by atoms with Crippen molar-refractivity contribution in [3.8, 4) is 17.2 Å². The van der Waals surface area contributed by atoms with E-state index in [-0.39, 0.29) is 11.5 Å². The standard InChI is InChI=1S/C27H25N3O5/c1-33-19-6-7-22-18(11-19)12-21(26(31)29-22)25-20-14-24(35-3)23(34-2)13-16(20)8-10-30(25)27(32)17-5-4-9-28-15-17/h4-7,9,11-15,25H,8,10H2,1-3H3,(H,29,31). The predicted molar refractivity (Wildman–Crippen MR) is 131 cm³/mol. The molecular formula is C27H25N3O5. The van der Waals surface area contributed by atoms with Gasteiger partial charge in [0.05, 0.1) is 32.9 Å². The molecule has 35 heavy (non-hydrogen) atoms. The van der Waals surface area contributed by atoms with Crippen molar-refractivity contribution in [1.29, 1.82) is 0 Å². The Hall–Kier alpha value is -4.33. The van der Waals surface area contributed by atoms with E-state index in [1.807, 2.05) is 24.3 Å². The minimum Gasteiger partial charge on any atom is -0.497 e. The first-order valence-electron chi connectivity index (χ1n) is 11.2. The summed E-state index contributed by atoms with van der Waals surface area (Å²) < 4.78 is 16.4. The third-order valence-corrected chi connectivity index (χ3v) is 6.42. The van der Waals surface area contributed by atoms with Crippen molar-refractivity contribution >= 4 is 16.8 Å². The van der Waals surface area contributed by atoms with Gasteiger partial charge in [0.2, 0.25) is 0 Å². The number of nitrogens with zero attached hydrogens (tertiary/aromatic N) is 2. The molecule has 0 radical (unpaired) electrons. The summed E-state index contributed by atoms with van der Waals surface area (Å²) in [5.74, 6) is 1.61. The number of hydrogen-bond donors (Lipinski definition) is 1. The SMILES string of the molecule is COc1ccc2[nH]c(=O)c(C3c4cc(OC)c(OC)cc4CCN3C(=O)c3cccnc3)cc2c1. The quantitative estimate of drug-likeness (QED) is 0.477. The number of carbonyl (C=O) groups is 1. The van der Waals surface area contributed by atoms with Gasteiger partial charge in [0, 0.05) is 35.4 Å². The summed E-state index contributed by atoms with van der Waals surface area (Å²) in [6, 6.07) is 13.9. The van der Waals surface area contributed by atoms with Crippen LogP contribution in [0.3, 0.4) is 0 Å². The van der Waals surface area contributed by atoms with Crippen molar-refractivity contribution in [2.75, 3.05) is 27.9 Å². The molecule has 1 aliphatic heterocycles. The molecule has 1 aliphatic rings. The highest BCUT2D eigenvalue weighted by atomic mass is 16.5. The molecule has 2 aromatic heterocycles. The lowest BCUT2D eigenvalue weighted by atomic mass is 9.87. The molecule has 0 saturated carbocycles. The third kappa shape index (κ3) is 3.97. The molecule has 2 aromatic carbocycles. The Bertz CT molecular complexity index is 1470. The Balaban J connectivity index is 1.74. The van der Waals surface area contributed by atoms with Crippen LogP contribution in [0.5, 0.6) is 17.2 Å². The van der Waals surface area contributed by atoms with Gasteiger partial charge in [0.15, 0.2) is 11.5 Å². The summed E-state index contributed by atoms with van der Waals surface area (Å²) in [5.41, 5.74) is 3.15. The van der Waals surface area contributed by atoms with Crippen molar-refractivity contribution < 1.29 is 19.0 Å². The van der Waals surface area contributed by atoms with Gasteiger partial charge < -0.3 is 24.1 Å². The fourth-order valence-corrected chi connectivity index (χ4v) is 4.69. The predicted octanol–water partition coefficient (Wildman–Crippen LogP) is 3.74. The van der Waals surface area contributed by atoms with E-state index in [0.29, 0.717) is 46.9 Å². The lowest BCUT2D eigenvalue weighted by Gasteiger charge is -2.37. The van der Waals surface area contributed by atoms with Crippen LogP contribution in [0.4, 0.5) is 0 Å². The van der Waals surface area contributed by atoms with Gasteiger partial charge in [-0.05, 0) is 66.1 Å². The topological polar surface area (TPSA) is 93.8 Å². The van der Waals surface area contributed by atoms with E-state index < -0.39 is 6.04 Å². The Morgan fingerprint density at radius 3 is 2.51 bits per heavy atom. The van der Waals surface area contributed by atoms with Crippen molar-refractivity contribution in [2.24, 2.45) is 0 Å². The van der Waals surface area contributed by atoms with E-state index in [4.69, 9.17) is 14.2 Å². The number of amides is 1. The van der Waals surface area contributed by atoms with Crippen molar-refractivity contribution in [1.82, 2.24) is 14.9 Å². The van der Waals surface area contributed by atoms with E-state index in [1.165, 1.54) is 0 Å². The highest BCUT2D eigenvalue weighted by Gasteiger charge is 2.35. The molecule has 0 aliphatic carbocycles. The smallest absolute Gasteiger partial charge is 0.256 e. The Morgan fingerprint density at radius 2 is 1.80 bits per heavy atom. The summed E-state index contributed by atoms with van der Waals surface area (Å²) >= 11 is 0. The first kappa shape index (κ1) is 22.5. The van der Waals surface area contributed by atoms with Gasteiger partial charge >= 0.3 is 0 Å². The Kier molecular flexibility index (Phi) is 5.86. The number of nitrogens with one attached hydrogen (secondary N) is 1. The second-order valence-corrected chi connectivity index (χ2v) is 8.31. The van der Waals surface area contributed by atoms with Crippen LogP contribution in [0.2, 0.25) is 0 Å². The summed E-state index contributed by atoms with van der Waals surface area (Å²) in [7, 11) is 4.75. The molecule has 4 aromatic rings. The normalized spacial score (nSPS) is 14.9. The maximum atomic E-state index is 13.6. The molecule has 0 bridgehead atoms. The number of pyridine rings is 2. The zero-order valence-corrected chi connectivity index (χ0v) is 19.7. The molecule has 178 valence electrons. The van der Waals surface area contributed by atoms with E-state index >= 15 is 0 Å². The Morgan fingerprint density at radius 1 is 1.00 bits per heavy atom. The molecule has 8 nitrogen and oxygen atoms in total. The molecule has 1 amide bonds. The maximum absolute atomic E-state index is 13.6. The summed E-state index contributed by atoms with van der Waals surface area (Å²) in [5, 5.41) is 0.806. The molecule has 8 heteroatoms. The minimum absolute atomic E-state index is 0.200. The Labute approximate surface area is 202 Å². The van der Waals surface area contributed by atoms with Crippen LogP contribution in [0, 0.1) is 0 Å². The van der Waals surface area contributed by atoms with E-state index in [9.17, 15) is 9.59 Å². The van der Waals surface area contributed by atoms with Crippen LogP contribution in [-0.2, 0) is 6.42 Å². The van der Waals surface area contributed by atoms with Gasteiger partial charge in [-0.1, -0.05) is 0 Å². The number of methoxy groups -OCH3 is 3. The molecule has 3 heterocycles. The summed E-state index contributed by atoms with van der Waals surface area (Å²) in [4.78, 5) is 35.8. The molecule has 1 unspecified atom stereocenters. The molecule has 0 fully saturated rings. The number of ether oxygens (including phenoxy) is 3. The fourth-order valence-electron chi connectivity index (χ4n) is 4.69. The van der Waals surface area contributed by atoms with Gasteiger partial charge in [0.1, 0.15) is 5.75 Å². The van der Waals surface area contributed by atoms with E-state index in [0.717, 1.165) is 16.5 Å². The molecule has 0 saturated heterocycles. The van der Waals surface area contributed by atoms with Gasteiger partial charge in [-0.2, -0.15) is 0 Å². The largest absolute Gasteiger partial charge is 0.497 e. The highest BCUT2D eigenvalue weighted by Crippen LogP contribution is 2.41. The minimum atomic E-state index is -0.634. The van der Waals surface area contributed by atoms with Crippen LogP contribution >= 0.6 is 0 Å². The summed E-state index contributed by atoms with van der Waals surface area (Å²) in [6.07, 6.45) is 3.77. The second kappa shape index (κ2) is 9.13. The van der Waals surface area contributed by atoms with Crippen LogP contribution in [-0.4, -0.2) is 48.6 Å². The highest BCUT2D eigenvalue weighted by molar-refractivity contribution is 5.94. The van der Waals surface area contributed by atoms with Crippen molar-refractivity contribution in [3.05, 3.63) is 93.5 Å². The van der Waals surface area contributed by atoms with Crippen LogP contribution in [0.25, 0.3) is 10.9 Å². The lowest BCUT2D eigenvalue weighted by molar-refractivity contribution is 0.0693. The molecular weight excluding hydrogens is 446 g/mol. The third-order valence-electron chi connectivity index (χ3n) is 6.42. The average Bonchev–Trinajstić information content (AvgIpc) is 2.91. The number of aromatic amines is 1. The van der Waals surface area contributed by atoms with Gasteiger partial charge in [-0.3, -0.25) is 14.6 Å². The monoisotopic (exact) mass is 471 g/mol. The van der Waals surface area contributed by atoms with Gasteiger partial charge in [-0.25, -0.2) is 0 Å². The van der Waals surface area contributed by atoms with E-state index in [1.54, 1.807) is 62.9 Å². The van der Waals surface area contributed by atoms with Crippen LogP contribution in [0.1, 0.15) is 33.1 Å². The molecule has 5 rings (SSSR count). The van der Waals surface area contributed by atoms with Gasteiger partial charge in [-0.15, -0.1) is 0 Å². The van der Waals surface area contributed by atoms with Crippen LogP contribution in [0.15, 0.2) is 65.7 Å². The number of H-pyrrole nitrogens is 1. The number of carbonyl (C=O) groups excluding carboxylic acids is 1. The zero-order chi connectivity index (χ0) is 24.5. The zero-order valence-electron chi connectivity index (χ0n) is 19.7. The van der Waals surface area contributed by atoms with Crippen LogP contribution < -0.4 is 19.8 Å².